The molecule has 1 saturated heterocycles. The molecular formula is C11H14Br2N4O2S. The normalized spacial score (nSPS) is 17.5. The maximum atomic E-state index is 12.4. The van der Waals surface area contributed by atoms with Crippen molar-refractivity contribution in [2.75, 3.05) is 32.7 Å². The van der Waals surface area contributed by atoms with Gasteiger partial charge < -0.3 is 15.8 Å². The number of hydrogen-bond acceptors (Lipinski definition) is 5. The summed E-state index contributed by atoms with van der Waals surface area (Å²) in [5, 5.41) is 11.5. The predicted octanol–water partition coefficient (Wildman–Crippen LogP) is 1.78. The van der Waals surface area contributed by atoms with Crippen molar-refractivity contribution in [1.82, 2.24) is 9.80 Å². The Bertz CT molecular complexity index is 526. The first-order valence-electron chi connectivity index (χ1n) is 5.94. The van der Waals surface area contributed by atoms with Crippen molar-refractivity contribution in [3.8, 4) is 0 Å². The van der Waals surface area contributed by atoms with Crippen molar-refractivity contribution in [3.05, 3.63) is 19.2 Å². The molecule has 1 amide bonds. The first kappa shape index (κ1) is 15.7. The van der Waals surface area contributed by atoms with Gasteiger partial charge in [-0.15, -0.1) is 11.3 Å². The standard InChI is InChI=1S/C11H14Br2N4O2S/c12-8-5-7(10(13)20-8)11(18)17-3-1-16(2-4-17)6-9(14)15-19/h5,19H,1-4,6H2,(H2,14,15). The van der Waals surface area contributed by atoms with Crippen LogP contribution in [0.15, 0.2) is 18.8 Å². The highest BCUT2D eigenvalue weighted by Gasteiger charge is 2.24. The number of oxime groups is 1. The Morgan fingerprint density at radius 2 is 2.05 bits per heavy atom. The van der Waals surface area contributed by atoms with Crippen LogP contribution in [0.25, 0.3) is 0 Å². The Balaban J connectivity index is 1.94. The van der Waals surface area contributed by atoms with Crippen LogP contribution in [-0.2, 0) is 0 Å². The molecule has 0 aromatic carbocycles. The van der Waals surface area contributed by atoms with Gasteiger partial charge in [0.1, 0.15) is 0 Å². The van der Waals surface area contributed by atoms with Crippen molar-refractivity contribution in [2.24, 2.45) is 10.9 Å². The van der Waals surface area contributed by atoms with Crippen molar-refractivity contribution >= 4 is 54.9 Å². The minimum absolute atomic E-state index is 0.0299. The Hall–Kier alpha value is -0.640. The number of halogens is 2. The lowest BCUT2D eigenvalue weighted by molar-refractivity contribution is 0.0653. The number of amides is 1. The van der Waals surface area contributed by atoms with Gasteiger partial charge in [0.05, 0.1) is 19.7 Å². The first-order chi connectivity index (χ1) is 9.51. The van der Waals surface area contributed by atoms with Gasteiger partial charge in [-0.25, -0.2) is 0 Å². The van der Waals surface area contributed by atoms with Crippen molar-refractivity contribution in [2.45, 2.75) is 0 Å². The lowest BCUT2D eigenvalue weighted by Crippen LogP contribution is -2.50. The van der Waals surface area contributed by atoms with E-state index >= 15 is 0 Å². The van der Waals surface area contributed by atoms with Crippen molar-refractivity contribution in [1.29, 1.82) is 0 Å². The number of carbonyl (C=O) groups excluding carboxylic acids is 1. The van der Waals surface area contributed by atoms with E-state index in [9.17, 15) is 4.79 Å². The van der Waals surface area contributed by atoms with Crippen LogP contribution in [0, 0.1) is 0 Å². The van der Waals surface area contributed by atoms with E-state index in [2.05, 4.69) is 41.9 Å². The Labute approximate surface area is 137 Å². The molecule has 0 saturated carbocycles. The fourth-order valence-corrected chi connectivity index (χ4v) is 4.80. The van der Waals surface area contributed by atoms with Gasteiger partial charge in [-0.1, -0.05) is 5.16 Å². The molecule has 1 aromatic rings. The average molecular weight is 426 g/mol. The fourth-order valence-electron chi connectivity index (χ4n) is 2.03. The lowest BCUT2D eigenvalue weighted by Gasteiger charge is -2.34. The van der Waals surface area contributed by atoms with E-state index in [0.29, 0.717) is 38.3 Å². The molecule has 0 unspecified atom stereocenters. The van der Waals surface area contributed by atoms with E-state index in [1.54, 1.807) is 0 Å². The van der Waals surface area contributed by atoms with Gasteiger partial charge in [0, 0.05) is 26.2 Å². The minimum Gasteiger partial charge on any atom is -0.409 e. The maximum Gasteiger partial charge on any atom is 0.255 e. The van der Waals surface area contributed by atoms with Crippen LogP contribution in [0.4, 0.5) is 0 Å². The van der Waals surface area contributed by atoms with Crippen LogP contribution in [0.2, 0.25) is 0 Å². The van der Waals surface area contributed by atoms with Crippen LogP contribution in [-0.4, -0.2) is 59.5 Å². The van der Waals surface area contributed by atoms with Gasteiger partial charge in [0.25, 0.3) is 5.91 Å². The molecule has 1 aliphatic heterocycles. The summed E-state index contributed by atoms with van der Waals surface area (Å²) in [5.41, 5.74) is 6.17. The first-order valence-corrected chi connectivity index (χ1v) is 8.34. The molecule has 6 nitrogen and oxygen atoms in total. The highest BCUT2D eigenvalue weighted by molar-refractivity contribution is 9.12. The molecule has 0 spiro atoms. The molecule has 1 aliphatic rings. The number of carbonyl (C=O) groups is 1. The van der Waals surface area contributed by atoms with Gasteiger partial charge in [-0.05, 0) is 37.9 Å². The molecule has 2 heterocycles. The molecule has 2 rings (SSSR count). The Morgan fingerprint density at radius 1 is 1.40 bits per heavy atom. The summed E-state index contributed by atoms with van der Waals surface area (Å²) in [4.78, 5) is 16.3. The van der Waals surface area contributed by atoms with Gasteiger partial charge in [-0.2, -0.15) is 0 Å². The number of piperazine rings is 1. The summed E-state index contributed by atoms with van der Waals surface area (Å²) < 4.78 is 1.77. The van der Waals surface area contributed by atoms with E-state index in [1.807, 2.05) is 11.0 Å². The van der Waals surface area contributed by atoms with Gasteiger partial charge >= 0.3 is 0 Å². The average Bonchev–Trinajstić information content (AvgIpc) is 2.77. The highest BCUT2D eigenvalue weighted by Crippen LogP contribution is 2.32. The molecule has 110 valence electrons. The van der Waals surface area contributed by atoms with E-state index in [0.717, 1.165) is 7.57 Å². The maximum absolute atomic E-state index is 12.4. The van der Waals surface area contributed by atoms with Crippen LogP contribution < -0.4 is 5.73 Å². The van der Waals surface area contributed by atoms with Gasteiger partial charge in [0.2, 0.25) is 0 Å². The van der Waals surface area contributed by atoms with Crippen molar-refractivity contribution in [3.63, 3.8) is 0 Å². The zero-order valence-corrected chi connectivity index (χ0v) is 14.5. The molecular weight excluding hydrogens is 412 g/mol. The Kier molecular flexibility index (Phi) is 5.42. The summed E-state index contributed by atoms with van der Waals surface area (Å²) in [6.45, 7) is 3.12. The second-order valence-electron chi connectivity index (χ2n) is 4.40. The molecule has 1 aromatic heterocycles. The summed E-state index contributed by atoms with van der Waals surface area (Å²) in [6, 6.07) is 1.83. The smallest absolute Gasteiger partial charge is 0.255 e. The number of amidine groups is 1. The molecule has 0 radical (unpaired) electrons. The molecule has 0 atom stereocenters. The van der Waals surface area contributed by atoms with E-state index in [1.165, 1.54) is 11.3 Å². The molecule has 20 heavy (non-hydrogen) atoms. The molecule has 9 heteroatoms. The number of nitrogens with two attached hydrogens (primary N) is 1. The lowest BCUT2D eigenvalue weighted by atomic mass is 10.2. The SMILES string of the molecule is N/C(CN1CCN(C(=O)c2cc(Br)sc2Br)CC1)=N/O. The topological polar surface area (TPSA) is 82.2 Å². The van der Waals surface area contributed by atoms with Gasteiger partial charge in [-0.3, -0.25) is 9.69 Å². The Morgan fingerprint density at radius 3 is 2.55 bits per heavy atom. The van der Waals surface area contributed by atoms with E-state index in [-0.39, 0.29) is 11.7 Å². The molecule has 0 aliphatic carbocycles. The summed E-state index contributed by atoms with van der Waals surface area (Å²) in [7, 11) is 0. The fraction of sp³-hybridized carbons (Fsp3) is 0.455. The summed E-state index contributed by atoms with van der Waals surface area (Å²) in [5.74, 6) is 0.219. The third-order valence-corrected chi connectivity index (χ3v) is 5.40. The number of thiophene rings is 1. The quantitative estimate of drug-likeness (QED) is 0.334. The van der Waals surface area contributed by atoms with E-state index in [4.69, 9.17) is 10.9 Å². The number of nitrogens with zero attached hydrogens (tertiary/aromatic N) is 3. The van der Waals surface area contributed by atoms with Gasteiger partial charge in [0.15, 0.2) is 5.84 Å². The molecule has 3 N–H and O–H groups in total. The molecule has 0 bridgehead atoms. The van der Waals surface area contributed by atoms with Crippen LogP contribution in [0.1, 0.15) is 10.4 Å². The zero-order chi connectivity index (χ0) is 14.7. The number of rotatable bonds is 3. The van der Waals surface area contributed by atoms with Crippen LogP contribution in [0.5, 0.6) is 0 Å². The second-order valence-corrected chi connectivity index (χ2v) is 8.15. The highest BCUT2D eigenvalue weighted by atomic mass is 79.9. The van der Waals surface area contributed by atoms with Crippen LogP contribution in [0.3, 0.4) is 0 Å². The largest absolute Gasteiger partial charge is 0.409 e. The van der Waals surface area contributed by atoms with Crippen LogP contribution >= 0.6 is 43.2 Å². The predicted molar refractivity (Wildman–Crippen MR) is 85.5 cm³/mol. The molecule has 1 fully saturated rings. The third-order valence-electron chi connectivity index (χ3n) is 3.06. The zero-order valence-electron chi connectivity index (χ0n) is 10.6. The minimum atomic E-state index is 0.0299. The number of hydrogen-bond donors (Lipinski definition) is 2. The van der Waals surface area contributed by atoms with Crippen molar-refractivity contribution < 1.29 is 10.0 Å². The summed E-state index contributed by atoms with van der Waals surface area (Å²) >= 11 is 8.28. The second kappa shape index (κ2) is 6.88. The third kappa shape index (κ3) is 3.72. The monoisotopic (exact) mass is 424 g/mol. The summed E-state index contributed by atoms with van der Waals surface area (Å²) in [6.07, 6.45) is 0. The van der Waals surface area contributed by atoms with E-state index < -0.39 is 0 Å².